The minimum atomic E-state index is -1.95. The predicted molar refractivity (Wildman–Crippen MR) is 40.6 cm³/mol. The van der Waals surface area contributed by atoms with Crippen molar-refractivity contribution in [2.45, 2.75) is 25.6 Å². The molecular formula is C8H13F2N. The van der Waals surface area contributed by atoms with Gasteiger partial charge in [-0.2, -0.15) is 0 Å². The highest BCUT2D eigenvalue weighted by atomic mass is 19.2. The molecule has 0 saturated carbocycles. The largest absolute Gasteiger partial charge is 0.266 e. The summed E-state index contributed by atoms with van der Waals surface area (Å²) in [5.74, 6) is -2.84. The maximum atomic E-state index is 13.4. The minimum Gasteiger partial charge on any atom is -0.266 e. The van der Waals surface area contributed by atoms with E-state index >= 15 is 0 Å². The summed E-state index contributed by atoms with van der Waals surface area (Å²) in [5, 5.41) is 0. The van der Waals surface area contributed by atoms with E-state index in [4.69, 9.17) is 0 Å². The van der Waals surface area contributed by atoms with E-state index in [1.807, 2.05) is 0 Å². The van der Waals surface area contributed by atoms with Gasteiger partial charge in [0, 0.05) is 13.1 Å². The van der Waals surface area contributed by atoms with Crippen molar-refractivity contribution in [1.29, 1.82) is 0 Å². The Hall–Kier alpha value is -0.440. The first kappa shape index (κ1) is 8.65. The molecular weight excluding hydrogens is 148 g/mol. The molecule has 1 saturated heterocycles. The molecule has 1 unspecified atom stereocenters. The van der Waals surface area contributed by atoms with Crippen molar-refractivity contribution < 1.29 is 8.78 Å². The molecule has 1 heterocycles. The first-order chi connectivity index (χ1) is 5.05. The molecule has 1 atom stereocenters. The molecule has 1 nitrogen and oxygen atoms in total. The van der Waals surface area contributed by atoms with Gasteiger partial charge in [-0.1, -0.05) is 6.58 Å². The van der Waals surface area contributed by atoms with Gasteiger partial charge < -0.3 is 0 Å². The van der Waals surface area contributed by atoms with E-state index < -0.39 is 11.6 Å². The number of halogens is 2. The maximum absolute atomic E-state index is 13.4. The predicted octanol–water partition coefficient (Wildman–Crippen LogP) is 2.25. The van der Waals surface area contributed by atoms with Crippen LogP contribution >= 0.6 is 0 Å². The summed E-state index contributed by atoms with van der Waals surface area (Å²) in [6.45, 7) is 5.48. The molecule has 0 amide bonds. The molecule has 0 aromatic rings. The van der Waals surface area contributed by atoms with Crippen molar-refractivity contribution in [3.8, 4) is 0 Å². The van der Waals surface area contributed by atoms with E-state index in [1.165, 1.54) is 11.8 Å². The molecule has 0 radical (unpaired) electrons. The van der Waals surface area contributed by atoms with Crippen molar-refractivity contribution >= 4 is 0 Å². The van der Waals surface area contributed by atoms with Crippen molar-refractivity contribution in [3.63, 3.8) is 0 Å². The van der Waals surface area contributed by atoms with Gasteiger partial charge in [0.25, 0.3) is 0 Å². The average Bonchev–Trinajstić information content (AvgIpc) is 2.37. The fraction of sp³-hybridized carbons (Fsp3) is 0.750. The third kappa shape index (κ3) is 1.59. The topological polar surface area (TPSA) is 3.24 Å². The van der Waals surface area contributed by atoms with Crippen LogP contribution in [0.1, 0.15) is 19.8 Å². The summed E-state index contributed by atoms with van der Waals surface area (Å²) in [4.78, 5) is 1.48. The summed E-state index contributed by atoms with van der Waals surface area (Å²) < 4.78 is 25.9. The zero-order valence-electron chi connectivity index (χ0n) is 6.74. The highest BCUT2D eigenvalue weighted by Gasteiger charge is 2.36. The standard InChI is InChI=1S/C8H13F2N/c1-7(9)8(2,10)11-5-3-4-6-11/h1,3-6H2,2H3. The summed E-state index contributed by atoms with van der Waals surface area (Å²) >= 11 is 0. The molecule has 1 aliphatic heterocycles. The molecule has 0 bridgehead atoms. The lowest BCUT2D eigenvalue weighted by Crippen LogP contribution is -2.40. The Kier molecular flexibility index (Phi) is 2.28. The molecule has 3 heteroatoms. The normalized spacial score (nSPS) is 25.0. The van der Waals surface area contributed by atoms with E-state index in [9.17, 15) is 8.78 Å². The Labute approximate surface area is 65.7 Å². The lowest BCUT2D eigenvalue weighted by Gasteiger charge is -2.28. The van der Waals surface area contributed by atoms with Gasteiger partial charge in [-0.3, -0.25) is 4.90 Å². The molecule has 11 heavy (non-hydrogen) atoms. The van der Waals surface area contributed by atoms with E-state index in [0.29, 0.717) is 13.1 Å². The van der Waals surface area contributed by atoms with Crippen LogP contribution in [0.4, 0.5) is 8.78 Å². The van der Waals surface area contributed by atoms with Gasteiger partial charge in [-0.15, -0.1) is 0 Å². The molecule has 0 N–H and O–H groups in total. The number of likely N-dealkylation sites (tertiary alicyclic amines) is 1. The Balaban J connectivity index is 2.62. The van der Waals surface area contributed by atoms with E-state index in [-0.39, 0.29) is 0 Å². The molecule has 1 aliphatic rings. The molecule has 0 aromatic heterocycles. The Morgan fingerprint density at radius 1 is 1.45 bits per heavy atom. The molecule has 1 rings (SSSR count). The SMILES string of the molecule is C=C(F)C(C)(F)N1CCCC1. The van der Waals surface area contributed by atoms with Crippen molar-refractivity contribution in [2.24, 2.45) is 0 Å². The Bertz CT molecular complexity index is 159. The zero-order valence-corrected chi connectivity index (χ0v) is 6.74. The van der Waals surface area contributed by atoms with Gasteiger partial charge in [0.05, 0.1) is 0 Å². The highest BCUT2D eigenvalue weighted by Crippen LogP contribution is 2.29. The van der Waals surface area contributed by atoms with E-state index in [0.717, 1.165) is 12.8 Å². The number of hydrogen-bond donors (Lipinski definition) is 0. The molecule has 1 fully saturated rings. The second-order valence-corrected chi connectivity index (χ2v) is 3.05. The quantitative estimate of drug-likeness (QED) is 0.561. The third-order valence-electron chi connectivity index (χ3n) is 2.20. The molecule has 0 aromatic carbocycles. The van der Waals surface area contributed by atoms with Crippen molar-refractivity contribution in [3.05, 3.63) is 12.4 Å². The third-order valence-corrected chi connectivity index (χ3v) is 2.20. The first-order valence-electron chi connectivity index (χ1n) is 3.84. The van der Waals surface area contributed by atoms with Crippen LogP contribution in [-0.2, 0) is 0 Å². The minimum absolute atomic E-state index is 0.635. The van der Waals surface area contributed by atoms with Crippen LogP contribution in [0.5, 0.6) is 0 Å². The van der Waals surface area contributed by atoms with Crippen molar-refractivity contribution in [1.82, 2.24) is 4.90 Å². The summed E-state index contributed by atoms with van der Waals surface area (Å²) in [7, 11) is 0. The maximum Gasteiger partial charge on any atom is 0.212 e. The summed E-state index contributed by atoms with van der Waals surface area (Å²) in [6, 6.07) is 0. The second-order valence-electron chi connectivity index (χ2n) is 3.05. The number of nitrogens with zero attached hydrogens (tertiary/aromatic N) is 1. The Morgan fingerprint density at radius 2 is 1.91 bits per heavy atom. The smallest absolute Gasteiger partial charge is 0.212 e. The summed E-state index contributed by atoms with van der Waals surface area (Å²) in [5.41, 5.74) is 0. The van der Waals surface area contributed by atoms with Crippen LogP contribution in [0.2, 0.25) is 0 Å². The second kappa shape index (κ2) is 2.89. The lowest BCUT2D eigenvalue weighted by molar-refractivity contribution is 0.0155. The van der Waals surface area contributed by atoms with Crippen LogP contribution < -0.4 is 0 Å². The highest BCUT2D eigenvalue weighted by molar-refractivity contribution is 5.02. The van der Waals surface area contributed by atoms with Crippen LogP contribution in [-0.4, -0.2) is 23.8 Å². The number of rotatable bonds is 2. The van der Waals surface area contributed by atoms with Crippen LogP contribution in [0.3, 0.4) is 0 Å². The Morgan fingerprint density at radius 3 is 2.27 bits per heavy atom. The van der Waals surface area contributed by atoms with E-state index in [1.54, 1.807) is 0 Å². The first-order valence-corrected chi connectivity index (χ1v) is 3.84. The number of hydrogen-bond acceptors (Lipinski definition) is 1. The van der Waals surface area contributed by atoms with Gasteiger partial charge in [0.2, 0.25) is 5.79 Å². The zero-order chi connectivity index (χ0) is 8.48. The summed E-state index contributed by atoms with van der Waals surface area (Å²) in [6.07, 6.45) is 1.90. The van der Waals surface area contributed by atoms with Crippen LogP contribution in [0, 0.1) is 0 Å². The molecule has 0 spiro atoms. The van der Waals surface area contributed by atoms with Gasteiger partial charge in [-0.05, 0) is 19.8 Å². The van der Waals surface area contributed by atoms with Gasteiger partial charge in [0.1, 0.15) is 5.83 Å². The fourth-order valence-electron chi connectivity index (χ4n) is 1.31. The fourth-order valence-corrected chi connectivity index (χ4v) is 1.31. The molecule has 0 aliphatic carbocycles. The average molecular weight is 161 g/mol. The van der Waals surface area contributed by atoms with Crippen LogP contribution in [0.15, 0.2) is 12.4 Å². The monoisotopic (exact) mass is 161 g/mol. The molecule has 64 valence electrons. The van der Waals surface area contributed by atoms with Gasteiger partial charge in [-0.25, -0.2) is 8.78 Å². The number of alkyl halides is 1. The van der Waals surface area contributed by atoms with Crippen molar-refractivity contribution in [2.75, 3.05) is 13.1 Å². The van der Waals surface area contributed by atoms with Gasteiger partial charge in [0.15, 0.2) is 0 Å². The van der Waals surface area contributed by atoms with Crippen LogP contribution in [0.25, 0.3) is 0 Å². The van der Waals surface area contributed by atoms with E-state index in [2.05, 4.69) is 6.58 Å². The lowest BCUT2D eigenvalue weighted by atomic mass is 10.2. The van der Waals surface area contributed by atoms with Gasteiger partial charge >= 0.3 is 0 Å².